The van der Waals surface area contributed by atoms with Gasteiger partial charge >= 0.3 is 0 Å². The minimum absolute atomic E-state index is 0.0242. The highest BCUT2D eigenvalue weighted by Crippen LogP contribution is 2.37. The molecule has 8 heteroatoms. The molecule has 0 bridgehead atoms. The van der Waals surface area contributed by atoms with Crippen molar-refractivity contribution in [2.45, 2.75) is 29.3 Å². The highest BCUT2D eigenvalue weighted by Gasteiger charge is 2.27. The lowest BCUT2D eigenvalue weighted by atomic mass is 10.0. The molecule has 1 aliphatic rings. The highest BCUT2D eigenvalue weighted by molar-refractivity contribution is 7.99. The molecule has 1 aromatic carbocycles. The van der Waals surface area contributed by atoms with E-state index in [0.29, 0.717) is 17.8 Å². The van der Waals surface area contributed by atoms with Crippen LogP contribution in [0.2, 0.25) is 0 Å². The van der Waals surface area contributed by atoms with Gasteiger partial charge in [0.25, 0.3) is 10.0 Å². The molecule has 3 rings (SSSR count). The van der Waals surface area contributed by atoms with Crippen LogP contribution in [0.1, 0.15) is 23.9 Å². The number of imidazole rings is 1. The van der Waals surface area contributed by atoms with Gasteiger partial charge in [-0.25, -0.2) is 22.5 Å². The van der Waals surface area contributed by atoms with Crippen LogP contribution in [0.5, 0.6) is 0 Å². The summed E-state index contributed by atoms with van der Waals surface area (Å²) in [5.41, 5.74) is 0.686. The van der Waals surface area contributed by atoms with E-state index < -0.39 is 16.1 Å². The molecule has 1 aliphatic heterocycles. The second-order valence-electron chi connectivity index (χ2n) is 4.83. The Labute approximate surface area is 126 Å². The molecule has 5 nitrogen and oxygen atoms in total. The molecule has 112 valence electrons. The fourth-order valence-electron chi connectivity index (χ4n) is 2.27. The molecule has 0 amide bonds. The number of rotatable bonds is 3. The lowest BCUT2D eigenvalue weighted by molar-refractivity contribution is 0.539. The predicted molar refractivity (Wildman–Crippen MR) is 78.1 cm³/mol. The van der Waals surface area contributed by atoms with Crippen molar-refractivity contribution in [3.05, 3.63) is 41.6 Å². The number of nitrogens with one attached hydrogen (secondary N) is 2. The Morgan fingerprint density at radius 2 is 2.29 bits per heavy atom. The number of halogens is 1. The number of hydrogen-bond acceptors (Lipinski definition) is 4. The Hall–Kier alpha value is -1.38. The Morgan fingerprint density at radius 1 is 1.48 bits per heavy atom. The summed E-state index contributed by atoms with van der Waals surface area (Å²) in [6.45, 7) is 1.68. The van der Waals surface area contributed by atoms with E-state index >= 15 is 0 Å². The summed E-state index contributed by atoms with van der Waals surface area (Å²) < 4.78 is 40.7. The fourth-order valence-corrected chi connectivity index (χ4v) is 4.60. The third-order valence-corrected chi connectivity index (χ3v) is 5.78. The van der Waals surface area contributed by atoms with Crippen molar-refractivity contribution in [2.24, 2.45) is 0 Å². The van der Waals surface area contributed by atoms with Crippen LogP contribution in [-0.4, -0.2) is 24.1 Å². The molecule has 0 saturated carbocycles. The Morgan fingerprint density at radius 3 is 3.00 bits per heavy atom. The number of fused-ring (bicyclic) bond motifs is 1. The van der Waals surface area contributed by atoms with Crippen LogP contribution >= 0.6 is 11.8 Å². The van der Waals surface area contributed by atoms with E-state index in [1.165, 1.54) is 18.3 Å². The van der Waals surface area contributed by atoms with E-state index in [-0.39, 0.29) is 10.8 Å². The molecule has 0 radical (unpaired) electrons. The average Bonchev–Trinajstić information content (AvgIpc) is 2.87. The van der Waals surface area contributed by atoms with Crippen LogP contribution in [0.15, 0.2) is 34.3 Å². The molecule has 1 atom stereocenters. The first-order valence-electron chi connectivity index (χ1n) is 6.42. The lowest BCUT2D eigenvalue weighted by Gasteiger charge is -2.25. The van der Waals surface area contributed by atoms with Gasteiger partial charge in [0.05, 0.1) is 6.20 Å². The lowest BCUT2D eigenvalue weighted by Crippen LogP contribution is -2.31. The first kappa shape index (κ1) is 14.6. The van der Waals surface area contributed by atoms with E-state index in [9.17, 15) is 12.8 Å². The van der Waals surface area contributed by atoms with Gasteiger partial charge < -0.3 is 4.98 Å². The number of hydrogen-bond donors (Lipinski definition) is 2. The largest absolute Gasteiger partial charge is 0.332 e. The Bertz CT molecular complexity index is 773. The zero-order valence-electron chi connectivity index (χ0n) is 11.3. The Balaban J connectivity index is 1.91. The van der Waals surface area contributed by atoms with Gasteiger partial charge in [0.1, 0.15) is 11.6 Å². The van der Waals surface area contributed by atoms with E-state index in [1.807, 2.05) is 0 Å². The molecular weight excluding hydrogens is 313 g/mol. The number of benzene rings is 1. The van der Waals surface area contributed by atoms with E-state index in [0.717, 1.165) is 10.6 Å². The van der Waals surface area contributed by atoms with Crippen LogP contribution in [0.3, 0.4) is 0 Å². The van der Waals surface area contributed by atoms with Gasteiger partial charge in [-0.2, -0.15) is 0 Å². The zero-order chi connectivity index (χ0) is 15.0. The maximum absolute atomic E-state index is 13.4. The summed E-state index contributed by atoms with van der Waals surface area (Å²) >= 11 is 1.61. The number of H-pyrrole nitrogens is 1. The van der Waals surface area contributed by atoms with Crippen molar-refractivity contribution < 1.29 is 12.8 Å². The molecule has 2 aromatic rings. The highest BCUT2D eigenvalue weighted by atomic mass is 32.2. The van der Waals surface area contributed by atoms with Crippen molar-refractivity contribution in [3.8, 4) is 0 Å². The maximum atomic E-state index is 13.4. The number of sulfonamides is 1. The van der Waals surface area contributed by atoms with Crippen LogP contribution < -0.4 is 4.72 Å². The molecule has 0 spiro atoms. The van der Waals surface area contributed by atoms with Crippen molar-refractivity contribution >= 4 is 21.8 Å². The number of aromatic nitrogens is 2. The first-order chi connectivity index (χ1) is 9.95. The zero-order valence-corrected chi connectivity index (χ0v) is 12.9. The molecule has 2 heterocycles. The van der Waals surface area contributed by atoms with E-state index in [1.54, 1.807) is 24.8 Å². The molecule has 0 saturated heterocycles. The number of aryl methyl sites for hydroxylation is 1. The number of aromatic amines is 1. The van der Waals surface area contributed by atoms with Crippen LogP contribution in [0, 0.1) is 12.7 Å². The van der Waals surface area contributed by atoms with Crippen molar-refractivity contribution in [3.63, 3.8) is 0 Å². The summed E-state index contributed by atoms with van der Waals surface area (Å²) in [6, 6.07) is 4.05. The van der Waals surface area contributed by atoms with Crippen LogP contribution in [-0.2, 0) is 10.0 Å². The topological polar surface area (TPSA) is 74.8 Å². The minimum Gasteiger partial charge on any atom is -0.332 e. The summed E-state index contributed by atoms with van der Waals surface area (Å²) in [4.78, 5) is 7.51. The molecule has 0 fully saturated rings. The van der Waals surface area contributed by atoms with Gasteiger partial charge in [-0.1, -0.05) is 0 Å². The van der Waals surface area contributed by atoms with E-state index in [4.69, 9.17) is 0 Å². The van der Waals surface area contributed by atoms with Gasteiger partial charge in [0, 0.05) is 10.9 Å². The molecule has 0 aliphatic carbocycles. The molecule has 1 aromatic heterocycles. The average molecular weight is 327 g/mol. The third kappa shape index (κ3) is 2.97. The third-order valence-electron chi connectivity index (χ3n) is 3.28. The second kappa shape index (κ2) is 5.43. The predicted octanol–water partition coefficient (Wildman–Crippen LogP) is 2.37. The van der Waals surface area contributed by atoms with Crippen molar-refractivity contribution in [1.82, 2.24) is 14.7 Å². The molecular formula is C13H14FN3O2S2. The normalized spacial score (nSPS) is 18.5. The molecule has 21 heavy (non-hydrogen) atoms. The quantitative estimate of drug-likeness (QED) is 0.907. The second-order valence-corrected chi connectivity index (χ2v) is 7.65. The number of thioether (sulfide) groups is 1. The van der Waals surface area contributed by atoms with Gasteiger partial charge in [-0.15, -0.1) is 11.8 Å². The van der Waals surface area contributed by atoms with Crippen molar-refractivity contribution in [1.29, 1.82) is 0 Å². The summed E-state index contributed by atoms with van der Waals surface area (Å²) in [7, 11) is -3.69. The Kier molecular flexibility index (Phi) is 3.76. The summed E-state index contributed by atoms with van der Waals surface area (Å²) in [5, 5.41) is 0.0242. The summed E-state index contributed by atoms with van der Waals surface area (Å²) in [6.07, 6.45) is 1.90. The fraction of sp³-hybridized carbons (Fsp3) is 0.308. The monoisotopic (exact) mass is 327 g/mol. The van der Waals surface area contributed by atoms with Crippen LogP contribution in [0.25, 0.3) is 0 Å². The SMILES string of the molecule is Cc1ncc(S(=O)(=O)NC2CCSc3ccc(F)cc32)[nH]1. The first-order valence-corrected chi connectivity index (χ1v) is 8.89. The molecule has 1 unspecified atom stereocenters. The van der Waals surface area contributed by atoms with E-state index in [2.05, 4.69) is 14.7 Å². The summed E-state index contributed by atoms with van der Waals surface area (Å²) in [5.74, 6) is 0.951. The van der Waals surface area contributed by atoms with Crippen molar-refractivity contribution in [2.75, 3.05) is 5.75 Å². The van der Waals surface area contributed by atoms with Gasteiger partial charge in [0.2, 0.25) is 0 Å². The van der Waals surface area contributed by atoms with Gasteiger partial charge in [0.15, 0.2) is 5.03 Å². The maximum Gasteiger partial charge on any atom is 0.258 e. The van der Waals surface area contributed by atoms with Gasteiger partial charge in [-0.05, 0) is 42.9 Å². The van der Waals surface area contributed by atoms with Crippen LogP contribution in [0.4, 0.5) is 4.39 Å². The minimum atomic E-state index is -3.69. The smallest absolute Gasteiger partial charge is 0.258 e. The standard InChI is InChI=1S/C13H14FN3O2S2/c1-8-15-7-13(16-8)21(18,19)17-11-4-5-20-12-3-2-9(14)6-10(11)12/h2-3,6-7,11,17H,4-5H2,1H3,(H,15,16). The van der Waals surface area contributed by atoms with Gasteiger partial charge in [-0.3, -0.25) is 0 Å². The molecule has 2 N–H and O–H groups in total. The number of nitrogens with zero attached hydrogens (tertiary/aromatic N) is 1.